The van der Waals surface area contributed by atoms with E-state index in [-0.39, 0.29) is 0 Å². The monoisotopic (exact) mass is 435 g/mol. The second kappa shape index (κ2) is 10.8. The highest BCUT2D eigenvalue weighted by atomic mass is 35.5. The van der Waals surface area contributed by atoms with Gasteiger partial charge in [-0.15, -0.1) is 0 Å². The number of aryl methyl sites for hydroxylation is 1. The largest absolute Gasteiger partial charge is 0.290 e. The quantitative estimate of drug-likeness (QED) is 0.399. The maximum atomic E-state index is 6.14. The Labute approximate surface area is 192 Å². The zero-order valence-electron chi connectivity index (χ0n) is 19.4. The predicted octanol–water partition coefficient (Wildman–Crippen LogP) is 7.59. The fourth-order valence-corrected chi connectivity index (χ4v) is 4.36. The minimum atomic E-state index is 0.371. The summed E-state index contributed by atoms with van der Waals surface area (Å²) in [6, 6.07) is 8.85. The van der Waals surface area contributed by atoms with Crippen LogP contribution in [0.15, 0.2) is 65.6 Å². The highest BCUT2D eigenvalue weighted by Gasteiger charge is 2.31. The molecule has 1 aromatic heterocycles. The van der Waals surface area contributed by atoms with Crippen molar-refractivity contribution in [3.8, 4) is 11.1 Å². The number of allylic oxidation sites excluding steroid dienone is 3. The summed E-state index contributed by atoms with van der Waals surface area (Å²) >= 11 is 6.14. The van der Waals surface area contributed by atoms with Crippen LogP contribution in [0, 0.1) is 6.92 Å². The SMILES string of the molecule is C/C=C(C)\C=C/CC1CC(c2cncc(C)c2-c2ccc(Cl)cc2)=NN1C(C)CCC. The maximum absolute atomic E-state index is 6.14. The molecule has 0 fully saturated rings. The Bertz CT molecular complexity index is 972. The Morgan fingerprint density at radius 3 is 2.68 bits per heavy atom. The predicted molar refractivity (Wildman–Crippen MR) is 134 cm³/mol. The first kappa shape index (κ1) is 23.3. The van der Waals surface area contributed by atoms with Crippen LogP contribution >= 0.6 is 11.6 Å². The normalized spacial score (nSPS) is 18.0. The standard InChI is InChI=1S/C27H34ClN3/c1-6-9-21(5)31-24(11-8-10-19(3)7-2)16-26(30-31)25-18-29-17-20(4)27(25)22-12-14-23(28)15-13-22/h7-8,10,12-15,17-18,21,24H,6,9,11,16H2,1-5H3/b10-8-,19-7-. The molecule has 3 nitrogen and oxygen atoms in total. The maximum Gasteiger partial charge on any atom is 0.0720 e. The van der Waals surface area contributed by atoms with Crippen LogP contribution in [0.5, 0.6) is 0 Å². The van der Waals surface area contributed by atoms with Gasteiger partial charge in [-0.25, -0.2) is 0 Å². The molecule has 0 aliphatic carbocycles. The zero-order chi connectivity index (χ0) is 22.4. The van der Waals surface area contributed by atoms with E-state index in [1.54, 1.807) is 0 Å². The van der Waals surface area contributed by atoms with Crippen LogP contribution in [0.2, 0.25) is 5.02 Å². The van der Waals surface area contributed by atoms with Gasteiger partial charge in [-0.1, -0.05) is 60.9 Å². The van der Waals surface area contributed by atoms with Crippen LogP contribution in [-0.4, -0.2) is 27.8 Å². The van der Waals surface area contributed by atoms with E-state index in [9.17, 15) is 0 Å². The van der Waals surface area contributed by atoms with Crippen molar-refractivity contribution in [3.63, 3.8) is 0 Å². The molecule has 0 radical (unpaired) electrons. The molecular formula is C27H34ClN3. The van der Waals surface area contributed by atoms with Gasteiger partial charge >= 0.3 is 0 Å². The van der Waals surface area contributed by atoms with Crippen LogP contribution in [0.4, 0.5) is 0 Å². The third-order valence-electron chi connectivity index (χ3n) is 6.02. The lowest BCUT2D eigenvalue weighted by Gasteiger charge is -2.29. The van der Waals surface area contributed by atoms with Gasteiger partial charge in [0.2, 0.25) is 0 Å². The third-order valence-corrected chi connectivity index (χ3v) is 6.27. The number of pyridine rings is 1. The molecule has 0 amide bonds. The lowest BCUT2D eigenvalue weighted by molar-refractivity contribution is 0.163. The van der Waals surface area contributed by atoms with E-state index >= 15 is 0 Å². The number of hydrogen-bond donors (Lipinski definition) is 0. The van der Waals surface area contributed by atoms with Crippen LogP contribution in [0.3, 0.4) is 0 Å². The fraction of sp³-hybridized carbons (Fsp3) is 0.407. The Hall–Kier alpha value is -2.39. The van der Waals surface area contributed by atoms with E-state index in [1.807, 2.05) is 24.5 Å². The molecule has 2 unspecified atom stereocenters. The second-order valence-electron chi connectivity index (χ2n) is 8.48. The van der Waals surface area contributed by atoms with E-state index in [4.69, 9.17) is 16.7 Å². The molecule has 4 heteroatoms. The highest BCUT2D eigenvalue weighted by Crippen LogP contribution is 2.33. The molecule has 2 heterocycles. The zero-order valence-corrected chi connectivity index (χ0v) is 20.2. The van der Waals surface area contributed by atoms with Crippen molar-refractivity contribution in [2.24, 2.45) is 5.10 Å². The molecule has 3 rings (SSSR count). The lowest BCUT2D eigenvalue weighted by Crippen LogP contribution is -2.34. The van der Waals surface area contributed by atoms with E-state index in [0.717, 1.165) is 53.1 Å². The molecule has 0 saturated carbocycles. The minimum absolute atomic E-state index is 0.371. The van der Waals surface area contributed by atoms with E-state index in [1.165, 1.54) is 11.1 Å². The van der Waals surface area contributed by atoms with Crippen LogP contribution < -0.4 is 0 Å². The van der Waals surface area contributed by atoms with Crippen LogP contribution in [0.25, 0.3) is 11.1 Å². The number of benzene rings is 1. The van der Waals surface area contributed by atoms with Crippen molar-refractivity contribution in [2.75, 3.05) is 0 Å². The summed E-state index contributed by atoms with van der Waals surface area (Å²) in [7, 11) is 0. The number of rotatable bonds is 8. The molecule has 164 valence electrons. The van der Waals surface area contributed by atoms with Gasteiger partial charge in [0, 0.05) is 35.4 Å². The molecule has 31 heavy (non-hydrogen) atoms. The van der Waals surface area contributed by atoms with Gasteiger partial charge < -0.3 is 0 Å². The molecule has 1 aliphatic rings. The molecule has 0 saturated heterocycles. The van der Waals surface area contributed by atoms with E-state index < -0.39 is 0 Å². The van der Waals surface area contributed by atoms with Crippen LogP contribution in [-0.2, 0) is 0 Å². The minimum Gasteiger partial charge on any atom is -0.290 e. The summed E-state index contributed by atoms with van der Waals surface area (Å²) in [5, 5.41) is 8.24. The first-order valence-corrected chi connectivity index (χ1v) is 11.7. The number of nitrogens with zero attached hydrogens (tertiary/aromatic N) is 3. The average Bonchev–Trinajstić information content (AvgIpc) is 3.18. The summed E-state index contributed by atoms with van der Waals surface area (Å²) < 4.78 is 0. The Morgan fingerprint density at radius 1 is 1.26 bits per heavy atom. The summed E-state index contributed by atoms with van der Waals surface area (Å²) in [6.45, 7) is 10.9. The highest BCUT2D eigenvalue weighted by molar-refractivity contribution is 6.30. The molecule has 2 atom stereocenters. The van der Waals surface area contributed by atoms with Gasteiger partial charge in [-0.2, -0.15) is 5.10 Å². The smallest absolute Gasteiger partial charge is 0.0720 e. The molecule has 0 N–H and O–H groups in total. The Balaban J connectivity index is 1.96. The Kier molecular flexibility index (Phi) is 8.09. The van der Waals surface area contributed by atoms with Gasteiger partial charge in [-0.3, -0.25) is 9.99 Å². The molecular weight excluding hydrogens is 402 g/mol. The second-order valence-corrected chi connectivity index (χ2v) is 8.92. The first-order chi connectivity index (χ1) is 14.9. The van der Waals surface area contributed by atoms with Gasteiger partial charge in [0.1, 0.15) is 0 Å². The van der Waals surface area contributed by atoms with E-state index in [0.29, 0.717) is 12.1 Å². The number of aromatic nitrogens is 1. The van der Waals surface area contributed by atoms with Crippen molar-refractivity contribution in [1.29, 1.82) is 0 Å². The molecule has 1 aromatic carbocycles. The molecule has 0 bridgehead atoms. The number of halogens is 1. The summed E-state index contributed by atoms with van der Waals surface area (Å²) in [4.78, 5) is 4.51. The van der Waals surface area contributed by atoms with Crippen molar-refractivity contribution in [1.82, 2.24) is 9.99 Å². The van der Waals surface area contributed by atoms with Crippen molar-refractivity contribution in [2.45, 2.75) is 72.4 Å². The van der Waals surface area contributed by atoms with Crippen molar-refractivity contribution >= 4 is 17.3 Å². The fourth-order valence-electron chi connectivity index (χ4n) is 4.23. The van der Waals surface area contributed by atoms with Crippen molar-refractivity contribution in [3.05, 3.63) is 76.6 Å². The lowest BCUT2D eigenvalue weighted by atomic mass is 9.92. The Morgan fingerprint density at radius 2 is 2.00 bits per heavy atom. The topological polar surface area (TPSA) is 28.5 Å². The van der Waals surface area contributed by atoms with Crippen LogP contribution in [0.1, 0.15) is 64.5 Å². The molecule has 2 aromatic rings. The van der Waals surface area contributed by atoms with Gasteiger partial charge in [0.15, 0.2) is 0 Å². The van der Waals surface area contributed by atoms with Gasteiger partial charge in [0.05, 0.1) is 11.8 Å². The van der Waals surface area contributed by atoms with Gasteiger partial charge in [0.25, 0.3) is 0 Å². The van der Waals surface area contributed by atoms with Crippen molar-refractivity contribution < 1.29 is 0 Å². The van der Waals surface area contributed by atoms with E-state index in [2.05, 4.69) is 75.0 Å². The number of hydrogen-bond acceptors (Lipinski definition) is 3. The van der Waals surface area contributed by atoms with Gasteiger partial charge in [-0.05, 0) is 69.4 Å². The molecule has 0 spiro atoms. The first-order valence-electron chi connectivity index (χ1n) is 11.3. The average molecular weight is 436 g/mol. The molecule has 1 aliphatic heterocycles. The summed E-state index contributed by atoms with van der Waals surface area (Å²) in [6.07, 6.45) is 14.8. The third kappa shape index (κ3) is 5.65. The summed E-state index contributed by atoms with van der Waals surface area (Å²) in [5.74, 6) is 0. The number of hydrazone groups is 1. The summed E-state index contributed by atoms with van der Waals surface area (Å²) in [5.41, 5.74) is 7.07.